The van der Waals surface area contributed by atoms with E-state index >= 15 is 0 Å². The van der Waals surface area contributed by atoms with Gasteiger partial charge in [-0.3, -0.25) is 4.79 Å². The summed E-state index contributed by atoms with van der Waals surface area (Å²) in [5, 5.41) is 32.3. The van der Waals surface area contributed by atoms with Crippen LogP contribution in [0.4, 0.5) is 19.0 Å². The van der Waals surface area contributed by atoms with Gasteiger partial charge in [0.05, 0.1) is 27.2 Å². The van der Waals surface area contributed by atoms with Crippen LogP contribution in [0.15, 0.2) is 43.0 Å². The molecule has 1 aliphatic heterocycles. The van der Waals surface area contributed by atoms with Gasteiger partial charge in [0.1, 0.15) is 18.0 Å². The Morgan fingerprint density at radius 2 is 1.74 bits per heavy atom. The summed E-state index contributed by atoms with van der Waals surface area (Å²) in [4.78, 5) is 35.3. The van der Waals surface area contributed by atoms with Crippen LogP contribution in [-0.4, -0.2) is 85.0 Å². The van der Waals surface area contributed by atoms with E-state index < -0.39 is 18.2 Å². The van der Waals surface area contributed by atoms with Crippen LogP contribution in [-0.2, 0) is 9.59 Å². The quantitative estimate of drug-likeness (QED) is 0.340. The number of halogens is 3. The highest BCUT2D eigenvalue weighted by Gasteiger charge is 2.38. The molecule has 1 unspecified atom stereocenters. The van der Waals surface area contributed by atoms with Gasteiger partial charge in [-0.05, 0) is 31.0 Å². The summed E-state index contributed by atoms with van der Waals surface area (Å²) in [7, 11) is 0. The first kappa shape index (κ1) is 31.4. The van der Waals surface area contributed by atoms with Crippen molar-refractivity contribution in [1.29, 1.82) is 5.26 Å². The summed E-state index contributed by atoms with van der Waals surface area (Å²) in [6.07, 6.45) is 1.13. The largest absolute Gasteiger partial charge is 0.490 e. The molecule has 0 bridgehead atoms. The van der Waals surface area contributed by atoms with Crippen LogP contribution in [0.3, 0.4) is 0 Å². The predicted octanol–water partition coefficient (Wildman–Crippen LogP) is 4.00. The van der Waals surface area contributed by atoms with E-state index in [4.69, 9.17) is 14.9 Å². The van der Waals surface area contributed by atoms with E-state index in [1.807, 2.05) is 51.5 Å². The van der Waals surface area contributed by atoms with E-state index in [0.717, 1.165) is 37.9 Å². The van der Waals surface area contributed by atoms with Crippen molar-refractivity contribution in [1.82, 2.24) is 24.5 Å². The molecule has 2 N–H and O–H groups in total. The molecule has 5 rings (SSSR count). The highest BCUT2D eigenvalue weighted by Crippen LogP contribution is 2.34. The van der Waals surface area contributed by atoms with Crippen molar-refractivity contribution in [3.63, 3.8) is 0 Å². The Morgan fingerprint density at radius 1 is 1.07 bits per heavy atom. The number of nitrogens with zero attached hydrogens (tertiary/aromatic N) is 7. The number of alkyl halides is 3. The lowest BCUT2D eigenvalue weighted by Gasteiger charge is -2.36. The number of carboxylic acid groups (broad SMARTS) is 1. The third-order valence-electron chi connectivity index (χ3n) is 6.74. The number of carbonyl (C=O) groups is 2. The molecule has 1 amide bonds. The van der Waals surface area contributed by atoms with Crippen LogP contribution in [0.2, 0.25) is 0 Å². The number of amides is 1. The maximum atomic E-state index is 12.5. The fourth-order valence-corrected chi connectivity index (χ4v) is 5.17. The Hall–Kier alpha value is -4.55. The van der Waals surface area contributed by atoms with Crippen LogP contribution in [0.25, 0.3) is 27.1 Å². The van der Waals surface area contributed by atoms with Crippen LogP contribution >= 0.6 is 11.3 Å². The van der Waals surface area contributed by atoms with E-state index in [-0.39, 0.29) is 11.8 Å². The predicted molar refractivity (Wildman–Crippen MR) is 152 cm³/mol. The molecule has 15 heteroatoms. The second kappa shape index (κ2) is 12.8. The number of aliphatic hydroxyl groups is 1. The van der Waals surface area contributed by atoms with E-state index in [0.29, 0.717) is 31.7 Å². The van der Waals surface area contributed by atoms with Gasteiger partial charge < -0.3 is 20.0 Å². The number of piperazine rings is 1. The van der Waals surface area contributed by atoms with Gasteiger partial charge >= 0.3 is 12.1 Å². The number of aryl methyl sites for hydroxylation is 1. The molecule has 0 spiro atoms. The van der Waals surface area contributed by atoms with E-state index in [9.17, 15) is 28.3 Å². The fourth-order valence-electron chi connectivity index (χ4n) is 4.41. The number of aliphatic carboxylic acids is 1. The molecule has 1 fully saturated rings. The summed E-state index contributed by atoms with van der Waals surface area (Å²) in [6, 6.07) is 8.28. The fraction of sp³-hybridized carbons (Fsp3) is 0.357. The maximum Gasteiger partial charge on any atom is 0.490 e. The minimum atomic E-state index is -5.08. The number of thiazole rings is 1. The minimum Gasteiger partial charge on any atom is -0.475 e. The molecule has 0 radical (unpaired) electrons. The van der Waals surface area contributed by atoms with Gasteiger partial charge in [-0.1, -0.05) is 13.8 Å². The number of carboxylic acids is 1. The molecular weight excluding hydrogens is 587 g/mol. The second-order valence-electron chi connectivity index (χ2n) is 10.1. The van der Waals surface area contributed by atoms with Gasteiger partial charge in [-0.15, -0.1) is 11.3 Å². The highest BCUT2D eigenvalue weighted by molar-refractivity contribution is 7.15. The Morgan fingerprint density at radius 3 is 2.26 bits per heavy atom. The van der Waals surface area contributed by atoms with Crippen molar-refractivity contribution in [2.45, 2.75) is 33.1 Å². The lowest BCUT2D eigenvalue weighted by Crippen LogP contribution is -2.52. The average molecular weight is 616 g/mol. The Kier molecular flexibility index (Phi) is 9.31. The van der Waals surface area contributed by atoms with Gasteiger partial charge in [0, 0.05) is 61.5 Å². The van der Waals surface area contributed by atoms with Crippen molar-refractivity contribution in [3.05, 3.63) is 53.6 Å². The van der Waals surface area contributed by atoms with Gasteiger partial charge in [0.25, 0.3) is 5.91 Å². The minimum absolute atomic E-state index is 0.104. The molecule has 4 aromatic rings. The molecule has 0 aromatic carbocycles. The summed E-state index contributed by atoms with van der Waals surface area (Å²) < 4.78 is 33.5. The summed E-state index contributed by atoms with van der Waals surface area (Å²) >= 11 is 1.61. The number of anilines is 1. The third-order valence-corrected chi connectivity index (χ3v) is 7.70. The molecule has 0 aliphatic carbocycles. The summed E-state index contributed by atoms with van der Waals surface area (Å²) in [6.45, 7) is 8.04. The molecule has 0 saturated carbocycles. The van der Waals surface area contributed by atoms with Crippen LogP contribution in [0.5, 0.6) is 0 Å². The zero-order valence-corrected chi connectivity index (χ0v) is 24.2. The molecule has 5 heterocycles. The van der Waals surface area contributed by atoms with Gasteiger partial charge in [0.2, 0.25) is 0 Å². The molecule has 1 atom stereocenters. The number of aromatic nitrogens is 4. The number of hydrogen-bond donors (Lipinski definition) is 2. The molecule has 11 nitrogen and oxygen atoms in total. The molecular formula is C28H28F3N7O4S. The van der Waals surface area contributed by atoms with Crippen molar-refractivity contribution in [2.75, 3.05) is 31.1 Å². The first-order chi connectivity index (χ1) is 20.3. The summed E-state index contributed by atoms with van der Waals surface area (Å²) in [5.74, 6) is -2.24. The SMILES string of the molecule is Cc1ncc(-c2cc(-c3ccc(N4CCN(C(=O)C(O)C(C)C)CC4)nc3)c3c(C#N)cnn3c2)s1.O=C(O)C(F)(F)F. The number of rotatable bonds is 5. The average Bonchev–Trinajstić information content (AvgIpc) is 3.62. The van der Waals surface area contributed by atoms with Crippen LogP contribution < -0.4 is 4.90 Å². The van der Waals surface area contributed by atoms with Crippen LogP contribution in [0.1, 0.15) is 24.4 Å². The molecule has 226 valence electrons. The molecule has 1 aliphatic rings. The van der Waals surface area contributed by atoms with Gasteiger partial charge in [-0.2, -0.15) is 23.5 Å². The Balaban J connectivity index is 0.000000541. The third kappa shape index (κ3) is 7.09. The maximum absolute atomic E-state index is 12.5. The topological polar surface area (TPSA) is 148 Å². The Labute approximate surface area is 248 Å². The number of pyridine rings is 2. The number of nitriles is 1. The smallest absolute Gasteiger partial charge is 0.475 e. The molecule has 4 aromatic heterocycles. The lowest BCUT2D eigenvalue weighted by molar-refractivity contribution is -0.192. The van der Waals surface area contributed by atoms with Gasteiger partial charge in [0.15, 0.2) is 0 Å². The lowest BCUT2D eigenvalue weighted by atomic mass is 10.0. The first-order valence-corrected chi connectivity index (χ1v) is 13.9. The van der Waals surface area contributed by atoms with Crippen molar-refractivity contribution < 1.29 is 33.0 Å². The number of carbonyl (C=O) groups excluding carboxylic acids is 1. The summed E-state index contributed by atoms with van der Waals surface area (Å²) in [5.41, 5.74) is 3.99. The first-order valence-electron chi connectivity index (χ1n) is 13.1. The monoisotopic (exact) mass is 615 g/mol. The number of aliphatic hydroxyl groups excluding tert-OH is 1. The number of fused-ring (bicyclic) bond motifs is 1. The van der Waals surface area contributed by atoms with Crippen molar-refractivity contribution in [2.24, 2.45) is 5.92 Å². The van der Waals surface area contributed by atoms with Crippen molar-refractivity contribution >= 4 is 34.5 Å². The number of hydrogen-bond acceptors (Lipinski definition) is 9. The molecule has 1 saturated heterocycles. The zero-order valence-electron chi connectivity index (χ0n) is 23.4. The van der Waals surface area contributed by atoms with E-state index in [1.54, 1.807) is 26.9 Å². The van der Waals surface area contributed by atoms with Gasteiger partial charge in [-0.25, -0.2) is 19.3 Å². The highest BCUT2D eigenvalue weighted by atomic mass is 32.1. The zero-order chi connectivity index (χ0) is 31.5. The standard InChI is InChI=1S/C26H27N7O2S.C2HF3O2/c1-16(2)25(34)26(35)32-8-6-31(7-9-32)23-5-4-18(12-29-23)21-10-19(22-14-28-17(3)36-22)15-33-24(21)20(11-27)13-30-33;3-2(4,5)1(6)7/h4-5,10,12-16,25,34H,6-9H2,1-3H3;(H,6,7). The van der Waals surface area contributed by atoms with E-state index in [2.05, 4.69) is 27.1 Å². The molecule has 43 heavy (non-hydrogen) atoms. The Bertz CT molecular complexity index is 1650. The van der Waals surface area contributed by atoms with Crippen molar-refractivity contribution in [3.8, 4) is 27.6 Å². The normalized spacial score (nSPS) is 14.3. The van der Waals surface area contributed by atoms with Crippen LogP contribution in [0, 0.1) is 24.2 Å². The second-order valence-corrected chi connectivity index (χ2v) is 11.3. The van der Waals surface area contributed by atoms with E-state index in [1.165, 1.54) is 0 Å².